The van der Waals surface area contributed by atoms with Gasteiger partial charge in [0.15, 0.2) is 5.82 Å². The molecule has 3 aliphatic heterocycles. The smallest absolute Gasteiger partial charge is 0.319 e. The van der Waals surface area contributed by atoms with Crippen molar-refractivity contribution in [1.82, 2.24) is 19.9 Å². The fraction of sp³-hybridized carbons (Fsp3) is 0.512. The van der Waals surface area contributed by atoms with Crippen LogP contribution in [0.2, 0.25) is 16.6 Å². The van der Waals surface area contributed by atoms with Crippen LogP contribution in [0.3, 0.4) is 0 Å². The monoisotopic (exact) mass is 771 g/mol. The van der Waals surface area contributed by atoms with Crippen molar-refractivity contribution in [3.63, 3.8) is 0 Å². The van der Waals surface area contributed by atoms with Crippen LogP contribution in [-0.4, -0.2) is 85.1 Å². The number of aromatic nitrogens is 3. The number of fused-ring (bicyclic) bond motifs is 4. The summed E-state index contributed by atoms with van der Waals surface area (Å²) in [6, 6.07) is 7.97. The first-order valence-electron chi connectivity index (χ1n) is 19.7. The highest BCUT2D eigenvalue weighted by atomic mass is 28.3. The summed E-state index contributed by atoms with van der Waals surface area (Å²) in [5.74, 6) is 2.11. The van der Waals surface area contributed by atoms with Crippen molar-refractivity contribution in [1.29, 1.82) is 0 Å². The third-order valence-electron chi connectivity index (χ3n) is 12.9. The molecule has 0 N–H and O–H groups in total. The molecular weight excluding hydrogens is 723 g/mol. The van der Waals surface area contributed by atoms with Crippen LogP contribution in [-0.2, 0) is 4.74 Å². The van der Waals surface area contributed by atoms with E-state index in [4.69, 9.17) is 14.5 Å². The topological polar surface area (TPSA) is 63.6 Å². The molecule has 7 nitrogen and oxygen atoms in total. The maximum atomic E-state index is 17.3. The van der Waals surface area contributed by atoms with E-state index in [1.807, 2.05) is 11.0 Å². The van der Waals surface area contributed by atoms with Crippen LogP contribution in [0, 0.1) is 29.0 Å². The highest BCUT2D eigenvalue weighted by molar-refractivity contribution is 6.90. The molecule has 1 saturated carbocycles. The average Bonchev–Trinajstić information content (AvgIpc) is 3.52. The molecule has 2 aromatic carbocycles. The Balaban J connectivity index is 1.28. The number of hydrogen-bond acceptors (Lipinski definition) is 7. The maximum absolute atomic E-state index is 17.3. The van der Waals surface area contributed by atoms with Crippen LogP contribution in [0.25, 0.3) is 32.9 Å². The molecule has 8 rings (SSSR count). The highest BCUT2D eigenvalue weighted by Crippen LogP contribution is 2.46. The Bertz CT molecular complexity index is 2220. The van der Waals surface area contributed by atoms with Crippen molar-refractivity contribution in [2.75, 3.05) is 44.4 Å². The second-order valence-corrected chi connectivity index (χ2v) is 22.4. The first kappa shape index (κ1) is 37.9. The van der Waals surface area contributed by atoms with Crippen molar-refractivity contribution in [2.24, 2.45) is 5.92 Å². The molecule has 5 heterocycles. The summed E-state index contributed by atoms with van der Waals surface area (Å²) in [5, 5.41) is 1.50. The van der Waals surface area contributed by atoms with Gasteiger partial charge in [-0.05, 0) is 59.5 Å². The number of anilines is 1. The Morgan fingerprint density at radius 2 is 1.84 bits per heavy atom. The van der Waals surface area contributed by atoms with Crippen molar-refractivity contribution in [3.8, 4) is 28.7 Å². The largest absolute Gasteiger partial charge is 0.461 e. The van der Waals surface area contributed by atoms with Gasteiger partial charge in [0.25, 0.3) is 0 Å². The van der Waals surface area contributed by atoms with Gasteiger partial charge in [-0.1, -0.05) is 71.7 Å². The summed E-state index contributed by atoms with van der Waals surface area (Å²) in [6.07, 6.45) is 3.40. The molecule has 55 heavy (non-hydrogen) atoms. The average molecular weight is 772 g/mol. The predicted molar refractivity (Wildman–Crippen MR) is 211 cm³/mol. The Morgan fingerprint density at radius 3 is 2.58 bits per heavy atom. The van der Waals surface area contributed by atoms with E-state index in [0.29, 0.717) is 88.8 Å². The zero-order chi connectivity index (χ0) is 38.8. The molecule has 12 heteroatoms. The zero-order valence-corrected chi connectivity index (χ0v) is 33.4. The molecule has 0 bridgehead atoms. The Morgan fingerprint density at radius 1 is 1.05 bits per heavy atom. The summed E-state index contributed by atoms with van der Waals surface area (Å²) in [5.41, 5.74) is 5.53. The molecule has 4 fully saturated rings. The summed E-state index contributed by atoms with van der Waals surface area (Å²) < 4.78 is 74.2. The number of hydrogen-bond donors (Lipinski definition) is 0. The van der Waals surface area contributed by atoms with E-state index in [1.165, 1.54) is 12.3 Å². The van der Waals surface area contributed by atoms with Crippen LogP contribution >= 0.6 is 0 Å². The molecule has 0 unspecified atom stereocenters. The Kier molecular flexibility index (Phi) is 9.96. The molecule has 0 radical (unpaired) electrons. The number of rotatable bonds is 8. The fourth-order valence-electron chi connectivity index (χ4n) is 10.1. The number of benzene rings is 2. The summed E-state index contributed by atoms with van der Waals surface area (Å²) in [6.45, 7) is 15.8. The molecule has 0 spiro atoms. The number of nitrogens with zero attached hydrogens (tertiary/aromatic N) is 5. The number of halogens is 4. The van der Waals surface area contributed by atoms with E-state index in [-0.39, 0.29) is 35.3 Å². The molecule has 0 amide bonds. The first-order chi connectivity index (χ1) is 26.4. The van der Waals surface area contributed by atoms with E-state index in [9.17, 15) is 4.39 Å². The fourth-order valence-corrected chi connectivity index (χ4v) is 15.3. The molecule has 2 aromatic heterocycles. The second-order valence-electron chi connectivity index (χ2n) is 16.8. The van der Waals surface area contributed by atoms with Gasteiger partial charge in [0, 0.05) is 36.2 Å². The Hall–Kier alpha value is -4.05. The lowest BCUT2D eigenvalue weighted by atomic mass is 9.94. The molecule has 1 aliphatic carbocycles. The molecule has 290 valence electrons. The van der Waals surface area contributed by atoms with Crippen LogP contribution in [0.1, 0.15) is 66.4 Å². The summed E-state index contributed by atoms with van der Waals surface area (Å²) >= 11 is 0. The summed E-state index contributed by atoms with van der Waals surface area (Å²) in [4.78, 5) is 18.2. The molecule has 4 aliphatic rings. The quantitative estimate of drug-likeness (QED) is 0.101. The number of alkyl halides is 1. The minimum atomic E-state index is -2.25. The van der Waals surface area contributed by atoms with E-state index in [2.05, 4.69) is 67.9 Å². The maximum Gasteiger partial charge on any atom is 0.319 e. The minimum absolute atomic E-state index is 0.0108. The van der Waals surface area contributed by atoms with Crippen molar-refractivity contribution in [3.05, 3.63) is 65.6 Å². The third-order valence-corrected chi connectivity index (χ3v) is 19.2. The standard InChI is InChI=1S/C43H49F4N5O2Si/c1-25(2)55(26(3)4,27(5)6)18-13-30-34(45)12-11-29-9-7-10-31(35(29)30)38-37(47)39-32(21-48-38)41(52-16-17-53-23-33-36(46)40(33)52)50-42(49-39)54-24-43-14-8-15-51(43)22-28(19-43)20-44/h7,9-12,20-21,25-27,33,36,40H,8,14-17,19,22-24H2,1-6H3/b28-20-/t33-,36-,40-,43-/m0/s1. The van der Waals surface area contributed by atoms with Crippen molar-refractivity contribution >= 4 is 35.6 Å². The SMILES string of the molecule is CC(C)[Si](C#Cc1c(F)ccc2cccc(-c3ncc4c(N5CCOC[C@H]6[C@H](F)[C@H]65)nc(OC[C@@]56CCCN5C/C(=C\F)C6)nc4c3F)c12)(C(C)C)C(C)C. The number of pyridine rings is 1. The summed E-state index contributed by atoms with van der Waals surface area (Å²) in [7, 11) is -2.25. The van der Waals surface area contributed by atoms with Crippen LogP contribution in [0.4, 0.5) is 23.4 Å². The van der Waals surface area contributed by atoms with E-state index < -0.39 is 37.5 Å². The Labute approximate surface area is 321 Å². The van der Waals surface area contributed by atoms with Crippen LogP contribution in [0.15, 0.2) is 48.4 Å². The van der Waals surface area contributed by atoms with Crippen molar-refractivity contribution in [2.45, 2.75) is 95.2 Å². The second kappa shape index (κ2) is 14.5. The van der Waals surface area contributed by atoms with E-state index in [1.54, 1.807) is 18.2 Å². The van der Waals surface area contributed by atoms with Gasteiger partial charge in [-0.2, -0.15) is 9.97 Å². The van der Waals surface area contributed by atoms with Gasteiger partial charge in [0.2, 0.25) is 0 Å². The van der Waals surface area contributed by atoms with Crippen LogP contribution < -0.4 is 9.64 Å². The lowest BCUT2D eigenvalue weighted by molar-refractivity contribution is 0.108. The van der Waals surface area contributed by atoms with E-state index in [0.717, 1.165) is 19.4 Å². The number of ether oxygens (including phenoxy) is 2. The lowest BCUT2D eigenvalue weighted by Gasteiger charge is -2.38. The van der Waals surface area contributed by atoms with Gasteiger partial charge < -0.3 is 14.4 Å². The minimum Gasteiger partial charge on any atom is -0.461 e. The highest BCUT2D eigenvalue weighted by Gasteiger charge is 2.56. The molecule has 4 atom stereocenters. The molecule has 3 saturated heterocycles. The van der Waals surface area contributed by atoms with E-state index >= 15 is 13.2 Å². The van der Waals surface area contributed by atoms with Gasteiger partial charge in [-0.25, -0.2) is 17.6 Å². The normalized spacial score (nSPS) is 24.9. The predicted octanol–water partition coefficient (Wildman–Crippen LogP) is 9.34. The van der Waals surface area contributed by atoms with Gasteiger partial charge in [-0.3, -0.25) is 9.88 Å². The molecular formula is C43H49F4N5O2Si. The van der Waals surface area contributed by atoms with Gasteiger partial charge >= 0.3 is 6.01 Å². The van der Waals surface area contributed by atoms with Gasteiger partial charge in [0.05, 0.1) is 42.1 Å². The van der Waals surface area contributed by atoms with Crippen LogP contribution in [0.5, 0.6) is 6.01 Å². The van der Waals surface area contributed by atoms with Gasteiger partial charge in [0.1, 0.15) is 43.7 Å². The zero-order valence-electron chi connectivity index (χ0n) is 32.4. The lowest BCUT2D eigenvalue weighted by Crippen LogP contribution is -2.43. The third kappa shape index (κ3) is 6.31. The van der Waals surface area contributed by atoms with Crippen molar-refractivity contribution < 1.29 is 27.0 Å². The molecule has 4 aromatic rings. The first-order valence-corrected chi connectivity index (χ1v) is 21.9. The van der Waals surface area contributed by atoms with Gasteiger partial charge in [-0.15, -0.1) is 5.54 Å².